The molecule has 0 saturated heterocycles. The minimum absolute atomic E-state index is 0.397. The van der Waals surface area contributed by atoms with Crippen molar-refractivity contribution in [2.75, 3.05) is 0 Å². The smallest absolute Gasteiger partial charge is 0.0230 e. The third-order valence-electron chi connectivity index (χ3n) is 2.76. The minimum atomic E-state index is 0.397. The van der Waals surface area contributed by atoms with Crippen LogP contribution in [0, 0.1) is 19.3 Å². The van der Waals surface area contributed by atoms with E-state index in [0.717, 1.165) is 6.42 Å². The Morgan fingerprint density at radius 3 is 1.74 bits per heavy atom. The summed E-state index contributed by atoms with van der Waals surface area (Å²) in [6, 6.07) is 19.0. The summed E-state index contributed by atoms with van der Waals surface area (Å²) in [6.45, 7) is 11.0. The van der Waals surface area contributed by atoms with Crippen LogP contribution < -0.4 is 0 Å². The van der Waals surface area contributed by atoms with Crippen molar-refractivity contribution in [2.24, 2.45) is 5.41 Å². The molecule has 0 saturated carbocycles. The molecule has 0 fully saturated rings. The molecule has 0 nitrogen and oxygen atoms in total. The fourth-order valence-electron chi connectivity index (χ4n) is 1.97. The Kier molecular flexibility index (Phi) is 5.82. The summed E-state index contributed by atoms with van der Waals surface area (Å²) < 4.78 is 0. The Labute approximate surface area is 118 Å². The maximum absolute atomic E-state index is 2.27. The normalized spacial score (nSPS) is 10.6. The number of benzene rings is 2. The van der Waals surface area contributed by atoms with Gasteiger partial charge in [0.2, 0.25) is 0 Å². The van der Waals surface area contributed by atoms with Crippen molar-refractivity contribution in [1.82, 2.24) is 0 Å². The zero-order chi connectivity index (χ0) is 14.3. The molecule has 0 aliphatic heterocycles. The van der Waals surface area contributed by atoms with Crippen molar-refractivity contribution in [2.45, 2.75) is 41.0 Å². The van der Waals surface area contributed by atoms with Crippen LogP contribution in [-0.4, -0.2) is 0 Å². The van der Waals surface area contributed by atoms with E-state index in [-0.39, 0.29) is 0 Å². The van der Waals surface area contributed by atoms with E-state index in [2.05, 4.69) is 71.0 Å². The van der Waals surface area contributed by atoms with E-state index in [9.17, 15) is 0 Å². The van der Waals surface area contributed by atoms with Crippen LogP contribution in [0.1, 0.15) is 37.5 Å². The van der Waals surface area contributed by atoms with E-state index in [4.69, 9.17) is 0 Å². The first kappa shape index (κ1) is 15.5. The van der Waals surface area contributed by atoms with E-state index in [1.165, 1.54) is 16.7 Å². The molecule has 0 amide bonds. The van der Waals surface area contributed by atoms with Gasteiger partial charge in [-0.25, -0.2) is 0 Å². The Balaban J connectivity index is 0.000000218. The lowest BCUT2D eigenvalue weighted by Gasteiger charge is -2.18. The molecule has 2 rings (SSSR count). The van der Waals surface area contributed by atoms with Crippen LogP contribution in [0.2, 0.25) is 0 Å². The third kappa shape index (κ3) is 7.46. The van der Waals surface area contributed by atoms with Gasteiger partial charge in [0.05, 0.1) is 0 Å². The molecule has 0 unspecified atom stereocenters. The Bertz CT molecular complexity index is 475. The zero-order valence-electron chi connectivity index (χ0n) is 12.9. The summed E-state index contributed by atoms with van der Waals surface area (Å²) in [7, 11) is 0. The molecular weight excluding hydrogens is 228 g/mol. The average Bonchev–Trinajstić information content (AvgIpc) is 2.28. The molecule has 0 aromatic heterocycles. The van der Waals surface area contributed by atoms with Crippen molar-refractivity contribution in [3.63, 3.8) is 0 Å². The predicted molar refractivity (Wildman–Crippen MR) is 85.5 cm³/mol. The van der Waals surface area contributed by atoms with E-state index >= 15 is 0 Å². The average molecular weight is 254 g/mol. The molecule has 0 N–H and O–H groups in total. The van der Waals surface area contributed by atoms with Gasteiger partial charge in [-0.05, 0) is 31.2 Å². The van der Waals surface area contributed by atoms with E-state index in [0.29, 0.717) is 5.41 Å². The molecule has 2 aromatic rings. The van der Waals surface area contributed by atoms with Gasteiger partial charge in [0.25, 0.3) is 0 Å². The van der Waals surface area contributed by atoms with Crippen LogP contribution in [-0.2, 0) is 6.42 Å². The van der Waals surface area contributed by atoms with Gasteiger partial charge in [-0.1, -0.05) is 86.5 Å². The van der Waals surface area contributed by atoms with E-state index in [1.54, 1.807) is 0 Å². The fourth-order valence-corrected chi connectivity index (χ4v) is 1.97. The molecule has 102 valence electrons. The largest absolute Gasteiger partial charge is 0.0622 e. The summed E-state index contributed by atoms with van der Waals surface area (Å²) >= 11 is 0. The van der Waals surface area contributed by atoms with E-state index in [1.807, 2.05) is 18.2 Å². The molecule has 0 spiro atoms. The summed E-state index contributed by atoms with van der Waals surface area (Å²) in [6.07, 6.45) is 1.16. The lowest BCUT2D eigenvalue weighted by Crippen LogP contribution is -2.08. The predicted octanol–water partition coefficient (Wildman–Crippen LogP) is 5.58. The molecule has 0 bridgehead atoms. The second-order valence-electron chi connectivity index (χ2n) is 6.38. The van der Waals surface area contributed by atoms with Crippen molar-refractivity contribution in [1.29, 1.82) is 0 Å². The van der Waals surface area contributed by atoms with Crippen molar-refractivity contribution < 1.29 is 0 Å². The molecule has 0 atom stereocenters. The lowest BCUT2D eigenvalue weighted by atomic mass is 9.88. The van der Waals surface area contributed by atoms with Crippen LogP contribution in [0.5, 0.6) is 0 Å². The highest BCUT2D eigenvalue weighted by molar-refractivity contribution is 5.22. The summed E-state index contributed by atoms with van der Waals surface area (Å²) in [4.78, 5) is 0. The second-order valence-corrected chi connectivity index (χ2v) is 6.38. The van der Waals surface area contributed by atoms with E-state index < -0.39 is 0 Å². The standard InChI is InChI=1S/C12H18.C7H8/c1-10-6-5-7-11(8-10)9-12(2,3)4;1-7-5-3-2-4-6-7/h5-8H,9H2,1-4H3;2-6H,1H3. The van der Waals surface area contributed by atoms with Crippen molar-refractivity contribution >= 4 is 0 Å². The first-order chi connectivity index (χ1) is 8.87. The number of hydrogen-bond acceptors (Lipinski definition) is 0. The van der Waals surface area contributed by atoms with Crippen molar-refractivity contribution in [3.8, 4) is 0 Å². The summed E-state index contributed by atoms with van der Waals surface area (Å²) in [5, 5.41) is 0. The molecule has 0 aliphatic carbocycles. The molecule has 19 heavy (non-hydrogen) atoms. The lowest BCUT2D eigenvalue weighted by molar-refractivity contribution is 0.411. The Morgan fingerprint density at radius 1 is 0.737 bits per heavy atom. The third-order valence-corrected chi connectivity index (χ3v) is 2.76. The number of aryl methyl sites for hydroxylation is 2. The number of rotatable bonds is 1. The zero-order valence-corrected chi connectivity index (χ0v) is 12.9. The first-order valence-corrected chi connectivity index (χ1v) is 6.94. The van der Waals surface area contributed by atoms with Gasteiger partial charge < -0.3 is 0 Å². The highest BCUT2D eigenvalue weighted by Gasteiger charge is 2.10. The summed E-state index contributed by atoms with van der Waals surface area (Å²) in [5.74, 6) is 0. The Hall–Kier alpha value is -1.56. The topological polar surface area (TPSA) is 0 Å². The van der Waals surface area contributed by atoms with Crippen LogP contribution in [0.4, 0.5) is 0 Å². The highest BCUT2D eigenvalue weighted by atomic mass is 14.2. The summed E-state index contributed by atoms with van der Waals surface area (Å²) in [5.41, 5.74) is 4.52. The monoisotopic (exact) mass is 254 g/mol. The van der Waals surface area contributed by atoms with Crippen molar-refractivity contribution in [3.05, 3.63) is 71.3 Å². The molecular formula is C19H26. The van der Waals surface area contributed by atoms with Crippen LogP contribution in [0.25, 0.3) is 0 Å². The molecule has 0 radical (unpaired) electrons. The van der Waals surface area contributed by atoms with Gasteiger partial charge in [-0.15, -0.1) is 0 Å². The van der Waals surface area contributed by atoms with Crippen LogP contribution in [0.3, 0.4) is 0 Å². The first-order valence-electron chi connectivity index (χ1n) is 6.94. The maximum Gasteiger partial charge on any atom is -0.0230 e. The second kappa shape index (κ2) is 7.13. The fraction of sp³-hybridized carbons (Fsp3) is 0.368. The number of hydrogen-bond donors (Lipinski definition) is 0. The minimum Gasteiger partial charge on any atom is -0.0622 e. The molecule has 0 heterocycles. The van der Waals surface area contributed by atoms with Gasteiger partial charge in [0.15, 0.2) is 0 Å². The van der Waals surface area contributed by atoms with Gasteiger partial charge in [-0.2, -0.15) is 0 Å². The highest BCUT2D eigenvalue weighted by Crippen LogP contribution is 2.20. The van der Waals surface area contributed by atoms with Gasteiger partial charge >= 0.3 is 0 Å². The Morgan fingerprint density at radius 2 is 1.32 bits per heavy atom. The van der Waals surface area contributed by atoms with Crippen LogP contribution >= 0.6 is 0 Å². The van der Waals surface area contributed by atoms with Gasteiger partial charge in [0, 0.05) is 0 Å². The molecule has 0 heteroatoms. The molecule has 0 aliphatic rings. The quantitative estimate of drug-likeness (QED) is 0.623. The molecule has 2 aromatic carbocycles. The van der Waals surface area contributed by atoms with Crippen LogP contribution in [0.15, 0.2) is 54.6 Å². The SMILES string of the molecule is Cc1cccc(CC(C)(C)C)c1.Cc1ccccc1. The maximum atomic E-state index is 2.27. The van der Waals surface area contributed by atoms with Gasteiger partial charge in [-0.3, -0.25) is 0 Å². The van der Waals surface area contributed by atoms with Gasteiger partial charge in [0.1, 0.15) is 0 Å².